The van der Waals surface area contributed by atoms with Crippen molar-refractivity contribution in [3.8, 4) is 11.5 Å². The lowest BCUT2D eigenvalue weighted by Gasteiger charge is -2.14. The third kappa shape index (κ3) is 4.58. The number of benzene rings is 2. The fourth-order valence-corrected chi connectivity index (χ4v) is 2.53. The van der Waals surface area contributed by atoms with E-state index in [9.17, 15) is 0 Å². The summed E-state index contributed by atoms with van der Waals surface area (Å²) < 4.78 is 10.7. The third-order valence-electron chi connectivity index (χ3n) is 3.99. The number of nitrogens with zero attached hydrogens (tertiary/aromatic N) is 3. The smallest absolute Gasteiger partial charge is 0.142 e. The second-order valence-corrected chi connectivity index (χ2v) is 6.05. The van der Waals surface area contributed by atoms with Crippen molar-refractivity contribution in [2.75, 3.05) is 43.8 Å². The first kappa shape index (κ1) is 18.3. The van der Waals surface area contributed by atoms with Crippen LogP contribution in [0.15, 0.2) is 54.9 Å². The average molecular weight is 365 g/mol. The van der Waals surface area contributed by atoms with Gasteiger partial charge in [0, 0.05) is 37.6 Å². The van der Waals surface area contributed by atoms with E-state index in [-0.39, 0.29) is 0 Å². The molecule has 0 fully saturated rings. The fourth-order valence-electron chi connectivity index (χ4n) is 2.53. The zero-order valence-corrected chi connectivity index (χ0v) is 15.9. The second kappa shape index (κ2) is 8.27. The molecule has 0 bridgehead atoms. The standard InChI is InChI=1S/C20H23N5O2/c1-25(2)15-7-5-14(6-8-15)23-19-12-20(22-13-21-19)24-17-11-16(26-3)9-10-18(17)27-4/h5-13H,1-4H3,(H2,21,22,23,24). The summed E-state index contributed by atoms with van der Waals surface area (Å²) in [4.78, 5) is 10.6. The molecule has 0 unspecified atom stereocenters. The molecule has 0 amide bonds. The lowest BCUT2D eigenvalue weighted by molar-refractivity contribution is 0.405. The van der Waals surface area contributed by atoms with Gasteiger partial charge in [0.15, 0.2) is 0 Å². The molecule has 7 heteroatoms. The largest absolute Gasteiger partial charge is 0.497 e. The van der Waals surface area contributed by atoms with Gasteiger partial charge in [-0.1, -0.05) is 0 Å². The van der Waals surface area contributed by atoms with E-state index in [0.29, 0.717) is 17.4 Å². The van der Waals surface area contributed by atoms with Crippen molar-refractivity contribution in [1.82, 2.24) is 9.97 Å². The lowest BCUT2D eigenvalue weighted by atomic mass is 10.2. The summed E-state index contributed by atoms with van der Waals surface area (Å²) in [7, 11) is 7.27. The Kier molecular flexibility index (Phi) is 5.61. The van der Waals surface area contributed by atoms with Gasteiger partial charge in [0.1, 0.15) is 29.5 Å². The summed E-state index contributed by atoms with van der Waals surface area (Å²) in [6.45, 7) is 0. The molecule has 0 saturated carbocycles. The molecule has 0 aliphatic heterocycles. The molecule has 0 aliphatic carbocycles. The summed E-state index contributed by atoms with van der Waals surface area (Å²) in [5.74, 6) is 2.76. The SMILES string of the molecule is COc1ccc(OC)c(Nc2cc(Nc3ccc(N(C)C)cc3)ncn2)c1. The highest BCUT2D eigenvalue weighted by Gasteiger charge is 2.07. The van der Waals surface area contributed by atoms with Crippen LogP contribution in [0, 0.1) is 0 Å². The number of hydrogen-bond donors (Lipinski definition) is 2. The van der Waals surface area contributed by atoms with E-state index in [1.165, 1.54) is 6.33 Å². The molecule has 140 valence electrons. The molecule has 2 aromatic carbocycles. The highest BCUT2D eigenvalue weighted by Crippen LogP contribution is 2.31. The van der Waals surface area contributed by atoms with Crippen molar-refractivity contribution in [3.05, 3.63) is 54.9 Å². The molecule has 7 nitrogen and oxygen atoms in total. The maximum Gasteiger partial charge on any atom is 0.142 e. The van der Waals surface area contributed by atoms with Gasteiger partial charge in [0.25, 0.3) is 0 Å². The minimum atomic E-state index is 0.643. The molecule has 0 saturated heterocycles. The summed E-state index contributed by atoms with van der Waals surface area (Å²) in [6, 6.07) is 15.5. The minimum absolute atomic E-state index is 0.643. The van der Waals surface area contributed by atoms with Crippen molar-refractivity contribution >= 4 is 28.7 Å². The van der Waals surface area contributed by atoms with Crippen molar-refractivity contribution in [2.45, 2.75) is 0 Å². The first-order chi connectivity index (χ1) is 13.1. The molecule has 27 heavy (non-hydrogen) atoms. The van der Waals surface area contributed by atoms with Gasteiger partial charge < -0.3 is 25.0 Å². The summed E-state index contributed by atoms with van der Waals surface area (Å²) in [5.41, 5.74) is 2.84. The van der Waals surface area contributed by atoms with Crippen LogP contribution in [-0.4, -0.2) is 38.3 Å². The Balaban J connectivity index is 1.78. The van der Waals surface area contributed by atoms with Crippen molar-refractivity contribution in [3.63, 3.8) is 0 Å². The van der Waals surface area contributed by atoms with Gasteiger partial charge in [-0.3, -0.25) is 0 Å². The Morgan fingerprint density at radius 3 is 2.15 bits per heavy atom. The summed E-state index contributed by atoms with van der Waals surface area (Å²) >= 11 is 0. The molecule has 3 aromatic rings. The number of ether oxygens (including phenoxy) is 2. The molecule has 0 spiro atoms. The van der Waals surface area contributed by atoms with Gasteiger partial charge in [-0.2, -0.15) is 0 Å². The number of hydrogen-bond acceptors (Lipinski definition) is 7. The zero-order valence-electron chi connectivity index (χ0n) is 15.9. The monoisotopic (exact) mass is 365 g/mol. The van der Waals surface area contributed by atoms with Crippen LogP contribution in [-0.2, 0) is 0 Å². The van der Waals surface area contributed by atoms with Crippen molar-refractivity contribution in [1.29, 1.82) is 0 Å². The minimum Gasteiger partial charge on any atom is -0.497 e. The highest BCUT2D eigenvalue weighted by atomic mass is 16.5. The van der Waals surface area contributed by atoms with Gasteiger partial charge in [-0.25, -0.2) is 9.97 Å². The van der Waals surface area contributed by atoms with E-state index in [1.54, 1.807) is 14.2 Å². The highest BCUT2D eigenvalue weighted by molar-refractivity contribution is 5.69. The van der Waals surface area contributed by atoms with Gasteiger partial charge in [0.2, 0.25) is 0 Å². The first-order valence-corrected chi connectivity index (χ1v) is 8.44. The van der Waals surface area contributed by atoms with Crippen LogP contribution in [0.3, 0.4) is 0 Å². The van der Waals surface area contributed by atoms with E-state index >= 15 is 0 Å². The predicted molar refractivity (Wildman–Crippen MR) is 109 cm³/mol. The van der Waals surface area contributed by atoms with Crippen molar-refractivity contribution in [2.24, 2.45) is 0 Å². The fraction of sp³-hybridized carbons (Fsp3) is 0.200. The number of rotatable bonds is 7. The average Bonchev–Trinajstić information content (AvgIpc) is 2.68. The van der Waals surface area contributed by atoms with Gasteiger partial charge >= 0.3 is 0 Å². The second-order valence-electron chi connectivity index (χ2n) is 6.05. The molecular formula is C20H23N5O2. The van der Waals surface area contributed by atoms with Crippen LogP contribution in [0.25, 0.3) is 0 Å². The van der Waals surface area contributed by atoms with Crippen LogP contribution < -0.4 is 25.0 Å². The van der Waals surface area contributed by atoms with E-state index in [1.807, 2.05) is 62.6 Å². The molecule has 1 heterocycles. The lowest BCUT2D eigenvalue weighted by Crippen LogP contribution is -2.08. The predicted octanol–water partition coefficient (Wildman–Crippen LogP) is 4.05. The Morgan fingerprint density at radius 1 is 0.815 bits per heavy atom. The molecular weight excluding hydrogens is 342 g/mol. The van der Waals surface area contributed by atoms with Gasteiger partial charge in [0.05, 0.1) is 19.9 Å². The Morgan fingerprint density at radius 2 is 1.52 bits per heavy atom. The Hall–Kier alpha value is -3.48. The summed E-state index contributed by atoms with van der Waals surface area (Å²) in [6.07, 6.45) is 1.51. The first-order valence-electron chi connectivity index (χ1n) is 8.44. The third-order valence-corrected chi connectivity index (χ3v) is 3.99. The maximum absolute atomic E-state index is 5.39. The van der Waals surface area contributed by atoms with Crippen LogP contribution in [0.5, 0.6) is 11.5 Å². The molecule has 0 radical (unpaired) electrons. The van der Waals surface area contributed by atoms with Crippen LogP contribution >= 0.6 is 0 Å². The quantitative estimate of drug-likeness (QED) is 0.654. The summed E-state index contributed by atoms with van der Waals surface area (Å²) in [5, 5.41) is 6.53. The van der Waals surface area contributed by atoms with Crippen LogP contribution in [0.4, 0.5) is 28.7 Å². The molecule has 2 N–H and O–H groups in total. The number of methoxy groups -OCH3 is 2. The van der Waals surface area contributed by atoms with Crippen molar-refractivity contribution < 1.29 is 9.47 Å². The Labute approximate surface area is 159 Å². The van der Waals surface area contributed by atoms with E-state index in [2.05, 4.69) is 25.5 Å². The van der Waals surface area contributed by atoms with E-state index in [0.717, 1.165) is 22.8 Å². The maximum atomic E-state index is 5.39. The molecule has 1 aromatic heterocycles. The van der Waals surface area contributed by atoms with E-state index in [4.69, 9.17) is 9.47 Å². The van der Waals surface area contributed by atoms with Gasteiger partial charge in [-0.15, -0.1) is 0 Å². The van der Waals surface area contributed by atoms with Gasteiger partial charge in [-0.05, 0) is 36.4 Å². The Bertz CT molecular complexity index is 897. The van der Waals surface area contributed by atoms with Crippen LogP contribution in [0.1, 0.15) is 0 Å². The van der Waals surface area contributed by atoms with E-state index < -0.39 is 0 Å². The molecule has 0 aliphatic rings. The molecule has 0 atom stereocenters. The number of anilines is 5. The number of nitrogens with one attached hydrogen (secondary N) is 2. The normalized spacial score (nSPS) is 10.2. The zero-order chi connectivity index (χ0) is 19.2. The van der Waals surface area contributed by atoms with Crippen LogP contribution in [0.2, 0.25) is 0 Å². The number of aromatic nitrogens is 2. The molecule has 3 rings (SSSR count). The topological polar surface area (TPSA) is 71.5 Å².